The van der Waals surface area contributed by atoms with Crippen molar-refractivity contribution in [3.8, 4) is 5.75 Å². The van der Waals surface area contributed by atoms with Gasteiger partial charge in [-0.25, -0.2) is 9.78 Å². The second-order valence-electron chi connectivity index (χ2n) is 6.51. The molecule has 0 spiro atoms. The predicted octanol–water partition coefficient (Wildman–Crippen LogP) is 2.73. The lowest BCUT2D eigenvalue weighted by molar-refractivity contribution is 0.304. The summed E-state index contributed by atoms with van der Waals surface area (Å²) in [6.07, 6.45) is 5.52. The Morgan fingerprint density at radius 2 is 1.78 bits per heavy atom. The van der Waals surface area contributed by atoms with Crippen LogP contribution in [0, 0.1) is 0 Å². The Kier molecular flexibility index (Phi) is 6.01. The Morgan fingerprint density at radius 3 is 2.56 bits per heavy atom. The van der Waals surface area contributed by atoms with E-state index in [4.69, 9.17) is 16.3 Å². The summed E-state index contributed by atoms with van der Waals surface area (Å²) in [5.74, 6) is 0.713. The number of nitrogens with zero attached hydrogens (tertiary/aromatic N) is 4. The van der Waals surface area contributed by atoms with Crippen molar-refractivity contribution >= 4 is 22.8 Å². The molecule has 2 aromatic heterocycles. The first kappa shape index (κ1) is 19.2. The van der Waals surface area contributed by atoms with E-state index in [0.29, 0.717) is 35.1 Å². The Balaban J connectivity index is 1.49. The van der Waals surface area contributed by atoms with Gasteiger partial charge < -0.3 is 9.30 Å². The Labute approximate surface area is 161 Å². The fraction of sp³-hybridized carbons (Fsp3) is 0.421. The number of hydrogen-bond donors (Lipinski definition) is 0. The molecule has 0 bridgehead atoms. The SMILES string of the molecule is Cn1c(=O)c2c(ncn2CCCCCCOc2ccccc2Cl)n(C)c1=O. The molecule has 0 fully saturated rings. The van der Waals surface area contributed by atoms with E-state index in [2.05, 4.69) is 4.98 Å². The molecule has 0 aliphatic rings. The number of halogens is 1. The first-order chi connectivity index (χ1) is 13.0. The third-order valence-electron chi connectivity index (χ3n) is 4.60. The Hall–Kier alpha value is -2.54. The summed E-state index contributed by atoms with van der Waals surface area (Å²) in [5, 5.41) is 0.625. The van der Waals surface area contributed by atoms with Gasteiger partial charge in [0.2, 0.25) is 0 Å². The maximum Gasteiger partial charge on any atom is 0.332 e. The van der Waals surface area contributed by atoms with Crippen LogP contribution < -0.4 is 16.0 Å². The number of rotatable bonds is 8. The number of unbranched alkanes of at least 4 members (excludes halogenated alkanes) is 3. The Morgan fingerprint density at radius 1 is 1.04 bits per heavy atom. The number of aryl methyl sites for hydroxylation is 2. The number of para-hydroxylation sites is 1. The van der Waals surface area contributed by atoms with Crippen LogP contribution in [-0.4, -0.2) is 25.3 Å². The fourth-order valence-corrected chi connectivity index (χ4v) is 3.24. The second-order valence-corrected chi connectivity index (χ2v) is 6.92. The number of fused-ring (bicyclic) bond motifs is 1. The zero-order valence-corrected chi connectivity index (χ0v) is 16.3. The first-order valence-corrected chi connectivity index (χ1v) is 9.36. The molecule has 3 aromatic rings. The van der Waals surface area contributed by atoms with Crippen LogP contribution in [0.15, 0.2) is 40.2 Å². The van der Waals surface area contributed by atoms with Crippen molar-refractivity contribution in [1.29, 1.82) is 0 Å². The summed E-state index contributed by atoms with van der Waals surface area (Å²) < 4.78 is 10.0. The maximum atomic E-state index is 12.4. The molecule has 2 heterocycles. The van der Waals surface area contributed by atoms with E-state index in [0.717, 1.165) is 30.3 Å². The molecule has 7 nitrogen and oxygen atoms in total. The van der Waals surface area contributed by atoms with E-state index >= 15 is 0 Å². The van der Waals surface area contributed by atoms with Gasteiger partial charge >= 0.3 is 5.69 Å². The molecule has 0 unspecified atom stereocenters. The molecule has 0 radical (unpaired) electrons. The lowest BCUT2D eigenvalue weighted by Crippen LogP contribution is -2.37. The zero-order chi connectivity index (χ0) is 19.4. The van der Waals surface area contributed by atoms with Crippen molar-refractivity contribution < 1.29 is 4.74 Å². The highest BCUT2D eigenvalue weighted by Crippen LogP contribution is 2.23. The van der Waals surface area contributed by atoms with Crippen molar-refractivity contribution in [2.45, 2.75) is 32.2 Å². The minimum absolute atomic E-state index is 0.307. The van der Waals surface area contributed by atoms with Crippen LogP contribution in [0.1, 0.15) is 25.7 Å². The van der Waals surface area contributed by atoms with Crippen LogP contribution >= 0.6 is 11.6 Å². The maximum absolute atomic E-state index is 12.4. The number of imidazole rings is 1. The summed E-state index contributed by atoms with van der Waals surface area (Å²) in [4.78, 5) is 28.6. The minimum Gasteiger partial charge on any atom is -0.492 e. The summed E-state index contributed by atoms with van der Waals surface area (Å²) in [6.45, 7) is 1.32. The van der Waals surface area contributed by atoms with Crippen LogP contribution in [0.25, 0.3) is 11.2 Å². The van der Waals surface area contributed by atoms with E-state index in [1.807, 2.05) is 28.8 Å². The third kappa shape index (κ3) is 4.08. The summed E-state index contributed by atoms with van der Waals surface area (Å²) in [6, 6.07) is 7.45. The molecule has 0 atom stereocenters. The van der Waals surface area contributed by atoms with Gasteiger partial charge in [-0.2, -0.15) is 0 Å². The molecule has 144 valence electrons. The largest absolute Gasteiger partial charge is 0.492 e. The van der Waals surface area contributed by atoms with E-state index in [-0.39, 0.29) is 11.2 Å². The van der Waals surface area contributed by atoms with Crippen molar-refractivity contribution in [3.05, 3.63) is 56.5 Å². The second kappa shape index (κ2) is 8.43. The molecular weight excluding hydrogens is 368 g/mol. The standard InChI is InChI=1S/C19H23ClN4O3/c1-22-17-16(18(25)23(2)19(22)26)24(13-21-17)11-7-3-4-8-12-27-15-10-6-5-9-14(15)20/h5-6,9-10,13H,3-4,7-8,11-12H2,1-2H3. The number of benzene rings is 1. The zero-order valence-electron chi connectivity index (χ0n) is 15.5. The van der Waals surface area contributed by atoms with Gasteiger partial charge in [0.25, 0.3) is 5.56 Å². The molecule has 0 amide bonds. The molecule has 0 aliphatic carbocycles. The van der Waals surface area contributed by atoms with Crippen LogP contribution in [0.4, 0.5) is 0 Å². The molecule has 0 N–H and O–H groups in total. The average Bonchev–Trinajstić information content (AvgIpc) is 3.09. The highest BCUT2D eigenvalue weighted by molar-refractivity contribution is 6.32. The minimum atomic E-state index is -0.365. The van der Waals surface area contributed by atoms with Gasteiger partial charge in [0.05, 0.1) is 18.0 Å². The highest BCUT2D eigenvalue weighted by Gasteiger charge is 2.13. The molecule has 1 aromatic carbocycles. The van der Waals surface area contributed by atoms with E-state index < -0.39 is 0 Å². The summed E-state index contributed by atoms with van der Waals surface area (Å²) >= 11 is 6.05. The third-order valence-corrected chi connectivity index (χ3v) is 4.92. The topological polar surface area (TPSA) is 71.0 Å². The molecular formula is C19H23ClN4O3. The van der Waals surface area contributed by atoms with Gasteiger partial charge in [-0.3, -0.25) is 13.9 Å². The monoisotopic (exact) mass is 390 g/mol. The molecule has 27 heavy (non-hydrogen) atoms. The fourth-order valence-electron chi connectivity index (χ4n) is 3.05. The normalized spacial score (nSPS) is 11.2. The van der Waals surface area contributed by atoms with Gasteiger partial charge in [0.1, 0.15) is 5.75 Å². The molecule has 8 heteroatoms. The van der Waals surface area contributed by atoms with Gasteiger partial charge in [-0.1, -0.05) is 36.6 Å². The van der Waals surface area contributed by atoms with Crippen LogP contribution in [0.2, 0.25) is 5.02 Å². The average molecular weight is 391 g/mol. The molecule has 0 saturated heterocycles. The van der Waals surface area contributed by atoms with Crippen LogP contribution in [-0.2, 0) is 20.6 Å². The molecule has 0 saturated carbocycles. The number of hydrogen-bond acceptors (Lipinski definition) is 4. The Bertz CT molecular complexity index is 1050. The predicted molar refractivity (Wildman–Crippen MR) is 106 cm³/mol. The van der Waals surface area contributed by atoms with Crippen LogP contribution in [0.3, 0.4) is 0 Å². The van der Waals surface area contributed by atoms with Crippen LogP contribution in [0.5, 0.6) is 5.75 Å². The van der Waals surface area contributed by atoms with Crippen molar-refractivity contribution in [2.75, 3.05) is 6.61 Å². The van der Waals surface area contributed by atoms with Gasteiger partial charge in [0, 0.05) is 20.6 Å². The first-order valence-electron chi connectivity index (χ1n) is 8.99. The summed E-state index contributed by atoms with van der Waals surface area (Å²) in [7, 11) is 3.11. The molecule has 0 aliphatic heterocycles. The van der Waals surface area contributed by atoms with Gasteiger partial charge in [-0.15, -0.1) is 0 Å². The van der Waals surface area contributed by atoms with Crippen molar-refractivity contribution in [3.63, 3.8) is 0 Å². The van der Waals surface area contributed by atoms with E-state index in [1.165, 1.54) is 11.6 Å². The molecule has 3 rings (SSSR count). The van der Waals surface area contributed by atoms with E-state index in [9.17, 15) is 9.59 Å². The van der Waals surface area contributed by atoms with Crippen molar-refractivity contribution in [2.24, 2.45) is 14.1 Å². The van der Waals surface area contributed by atoms with E-state index in [1.54, 1.807) is 13.4 Å². The number of ether oxygens (including phenoxy) is 1. The lowest BCUT2D eigenvalue weighted by Gasteiger charge is -2.08. The number of aromatic nitrogens is 4. The smallest absolute Gasteiger partial charge is 0.332 e. The van der Waals surface area contributed by atoms with Crippen molar-refractivity contribution in [1.82, 2.24) is 18.7 Å². The quantitative estimate of drug-likeness (QED) is 0.554. The van der Waals surface area contributed by atoms with Gasteiger partial charge in [0.15, 0.2) is 11.2 Å². The highest BCUT2D eigenvalue weighted by atomic mass is 35.5. The lowest BCUT2D eigenvalue weighted by atomic mass is 10.2. The van der Waals surface area contributed by atoms with Gasteiger partial charge in [-0.05, 0) is 25.0 Å². The summed E-state index contributed by atoms with van der Waals surface area (Å²) in [5.41, 5.74) is 0.230.